The summed E-state index contributed by atoms with van der Waals surface area (Å²) in [7, 11) is 1.68. The Bertz CT molecular complexity index is 578. The minimum absolute atomic E-state index is 0.226. The molecule has 2 aliphatic rings. The van der Waals surface area contributed by atoms with Gasteiger partial charge in [-0.1, -0.05) is 24.3 Å². The molecule has 0 aromatic heterocycles. The summed E-state index contributed by atoms with van der Waals surface area (Å²) in [5.41, 5.74) is 3.52. The van der Waals surface area contributed by atoms with Gasteiger partial charge in [-0.25, -0.2) is 0 Å². The highest BCUT2D eigenvalue weighted by atomic mass is 16.5. The predicted molar refractivity (Wildman–Crippen MR) is 76.0 cm³/mol. The molecule has 2 heteroatoms. The molecule has 2 nitrogen and oxygen atoms in total. The topological polar surface area (TPSA) is 26.3 Å². The van der Waals surface area contributed by atoms with Crippen molar-refractivity contribution in [3.05, 3.63) is 47.6 Å². The van der Waals surface area contributed by atoms with Gasteiger partial charge in [-0.2, -0.15) is 0 Å². The van der Waals surface area contributed by atoms with Gasteiger partial charge in [0, 0.05) is 6.42 Å². The fourth-order valence-corrected chi connectivity index (χ4v) is 2.99. The first-order chi connectivity index (χ1) is 9.13. The van der Waals surface area contributed by atoms with Crippen molar-refractivity contribution >= 4 is 11.4 Å². The molecular weight excluding hydrogens is 236 g/mol. The van der Waals surface area contributed by atoms with E-state index in [1.807, 2.05) is 12.1 Å². The largest absolute Gasteiger partial charge is 0.497 e. The van der Waals surface area contributed by atoms with Gasteiger partial charge < -0.3 is 4.74 Å². The number of hydrogen-bond donors (Lipinski definition) is 0. The molecule has 0 saturated carbocycles. The molecule has 0 heterocycles. The molecule has 98 valence electrons. The molecule has 2 aliphatic carbocycles. The Morgan fingerprint density at radius 1 is 1.21 bits per heavy atom. The number of carbonyl (C=O) groups is 1. The lowest BCUT2D eigenvalue weighted by molar-refractivity contribution is -0.124. The zero-order valence-electron chi connectivity index (χ0n) is 11.4. The van der Waals surface area contributed by atoms with Crippen LogP contribution in [-0.4, -0.2) is 12.9 Å². The van der Waals surface area contributed by atoms with Crippen LogP contribution in [0.4, 0.5) is 0 Å². The third-order valence-electron chi connectivity index (χ3n) is 4.44. The molecule has 0 amide bonds. The number of allylic oxidation sites excluding steroid dienone is 4. The number of fused-ring (bicyclic) bond motifs is 1. The molecule has 0 fully saturated rings. The van der Waals surface area contributed by atoms with Crippen LogP contribution in [0, 0.1) is 5.41 Å². The van der Waals surface area contributed by atoms with Crippen LogP contribution in [-0.2, 0) is 4.79 Å². The molecule has 0 spiro atoms. The SMILES string of the molecule is COc1ccc(C2=CC3=CCC(=O)[C@@]3(C)CC2)cc1. The van der Waals surface area contributed by atoms with Crippen LogP contribution in [0.3, 0.4) is 0 Å². The van der Waals surface area contributed by atoms with Crippen LogP contribution in [0.1, 0.15) is 31.7 Å². The highest BCUT2D eigenvalue weighted by Gasteiger charge is 2.41. The van der Waals surface area contributed by atoms with Gasteiger partial charge in [0.2, 0.25) is 0 Å². The molecule has 0 aliphatic heterocycles. The second-order valence-electron chi connectivity index (χ2n) is 5.52. The molecule has 1 atom stereocenters. The number of hydrogen-bond acceptors (Lipinski definition) is 2. The maximum absolute atomic E-state index is 12.0. The summed E-state index contributed by atoms with van der Waals surface area (Å²) in [5.74, 6) is 1.24. The second-order valence-corrected chi connectivity index (χ2v) is 5.52. The summed E-state index contributed by atoms with van der Waals surface area (Å²) >= 11 is 0. The standard InChI is InChI=1S/C17H18O2/c1-17-10-9-13(11-14(17)5-8-16(17)18)12-3-6-15(19-2)7-4-12/h3-7,11H,8-10H2,1-2H3/t17-/m0/s1. The lowest BCUT2D eigenvalue weighted by atomic mass is 9.72. The second kappa shape index (κ2) is 4.37. The average Bonchev–Trinajstić information content (AvgIpc) is 2.74. The Balaban J connectivity index is 1.93. The third-order valence-corrected chi connectivity index (χ3v) is 4.44. The van der Waals surface area contributed by atoms with Gasteiger partial charge >= 0.3 is 0 Å². The number of methoxy groups -OCH3 is 1. The van der Waals surface area contributed by atoms with Gasteiger partial charge in [-0.3, -0.25) is 4.79 Å². The molecule has 0 radical (unpaired) electrons. The summed E-state index contributed by atoms with van der Waals surface area (Å²) < 4.78 is 5.18. The molecule has 1 aromatic carbocycles. The number of benzene rings is 1. The van der Waals surface area contributed by atoms with Crippen molar-refractivity contribution in [1.82, 2.24) is 0 Å². The van der Waals surface area contributed by atoms with Crippen molar-refractivity contribution in [3.8, 4) is 5.75 Å². The van der Waals surface area contributed by atoms with E-state index in [1.54, 1.807) is 7.11 Å². The van der Waals surface area contributed by atoms with E-state index in [0.717, 1.165) is 18.6 Å². The summed E-state index contributed by atoms with van der Waals surface area (Å²) in [6.07, 6.45) is 6.78. The van der Waals surface area contributed by atoms with Crippen LogP contribution in [0.5, 0.6) is 5.75 Å². The Labute approximate surface area is 113 Å². The van der Waals surface area contributed by atoms with E-state index < -0.39 is 0 Å². The first kappa shape index (κ1) is 12.2. The van der Waals surface area contributed by atoms with E-state index in [-0.39, 0.29) is 5.41 Å². The highest BCUT2D eigenvalue weighted by molar-refractivity contribution is 5.94. The fourth-order valence-electron chi connectivity index (χ4n) is 2.99. The lowest BCUT2D eigenvalue weighted by Crippen LogP contribution is -2.27. The van der Waals surface area contributed by atoms with Crippen molar-refractivity contribution in [1.29, 1.82) is 0 Å². The summed E-state index contributed by atoms with van der Waals surface area (Å²) in [6.45, 7) is 2.08. The quantitative estimate of drug-likeness (QED) is 0.803. The first-order valence-electron chi connectivity index (χ1n) is 6.72. The van der Waals surface area contributed by atoms with Crippen molar-refractivity contribution in [2.75, 3.05) is 7.11 Å². The number of ether oxygens (including phenoxy) is 1. The van der Waals surface area contributed by atoms with Gasteiger partial charge in [-0.15, -0.1) is 0 Å². The van der Waals surface area contributed by atoms with E-state index >= 15 is 0 Å². The smallest absolute Gasteiger partial charge is 0.146 e. The Kier molecular flexibility index (Phi) is 2.81. The maximum Gasteiger partial charge on any atom is 0.146 e. The van der Waals surface area contributed by atoms with Crippen molar-refractivity contribution < 1.29 is 9.53 Å². The van der Waals surface area contributed by atoms with E-state index in [1.165, 1.54) is 16.7 Å². The summed E-state index contributed by atoms with van der Waals surface area (Å²) in [4.78, 5) is 12.0. The molecule has 1 aromatic rings. The van der Waals surface area contributed by atoms with Crippen molar-refractivity contribution in [3.63, 3.8) is 0 Å². The van der Waals surface area contributed by atoms with Crippen LogP contribution in [0.25, 0.3) is 5.57 Å². The van der Waals surface area contributed by atoms with Crippen LogP contribution in [0.15, 0.2) is 42.0 Å². The van der Waals surface area contributed by atoms with E-state index in [0.29, 0.717) is 12.2 Å². The third kappa shape index (κ3) is 1.92. The van der Waals surface area contributed by atoms with Crippen LogP contribution >= 0.6 is 0 Å². The number of ketones is 1. The molecule has 0 bridgehead atoms. The van der Waals surface area contributed by atoms with Gasteiger partial charge in [0.05, 0.1) is 12.5 Å². The zero-order valence-corrected chi connectivity index (χ0v) is 11.4. The number of carbonyl (C=O) groups excluding carboxylic acids is 1. The summed E-state index contributed by atoms with van der Waals surface area (Å²) in [6, 6.07) is 8.14. The molecule has 0 unspecified atom stereocenters. The van der Waals surface area contributed by atoms with Gasteiger partial charge in [0.15, 0.2) is 0 Å². The first-order valence-corrected chi connectivity index (χ1v) is 6.72. The molecule has 0 N–H and O–H groups in total. The average molecular weight is 254 g/mol. The van der Waals surface area contributed by atoms with Gasteiger partial charge in [0.1, 0.15) is 11.5 Å². The monoisotopic (exact) mass is 254 g/mol. The molecule has 3 rings (SSSR count). The van der Waals surface area contributed by atoms with E-state index in [2.05, 4.69) is 31.2 Å². The van der Waals surface area contributed by atoms with Gasteiger partial charge in [0.25, 0.3) is 0 Å². The highest BCUT2D eigenvalue weighted by Crippen LogP contribution is 2.47. The Hall–Kier alpha value is -1.83. The fraction of sp³-hybridized carbons (Fsp3) is 0.353. The number of rotatable bonds is 2. The number of Topliss-reactive ketones (excluding diaryl/α,β-unsaturated/α-hetero) is 1. The minimum Gasteiger partial charge on any atom is -0.497 e. The minimum atomic E-state index is -0.226. The summed E-state index contributed by atoms with van der Waals surface area (Å²) in [5, 5.41) is 0. The predicted octanol–water partition coefficient (Wildman–Crippen LogP) is 3.78. The van der Waals surface area contributed by atoms with E-state index in [9.17, 15) is 4.79 Å². The Morgan fingerprint density at radius 2 is 1.95 bits per heavy atom. The maximum atomic E-state index is 12.0. The van der Waals surface area contributed by atoms with Crippen LogP contribution in [0.2, 0.25) is 0 Å². The van der Waals surface area contributed by atoms with E-state index in [4.69, 9.17) is 4.74 Å². The molecule has 19 heavy (non-hydrogen) atoms. The lowest BCUT2D eigenvalue weighted by Gasteiger charge is -2.30. The Morgan fingerprint density at radius 3 is 2.63 bits per heavy atom. The van der Waals surface area contributed by atoms with Gasteiger partial charge in [-0.05, 0) is 48.6 Å². The molecular formula is C17H18O2. The normalized spacial score (nSPS) is 25.7. The van der Waals surface area contributed by atoms with Crippen molar-refractivity contribution in [2.45, 2.75) is 26.2 Å². The van der Waals surface area contributed by atoms with Crippen molar-refractivity contribution in [2.24, 2.45) is 5.41 Å². The van der Waals surface area contributed by atoms with Crippen LogP contribution < -0.4 is 4.74 Å². The zero-order chi connectivity index (χ0) is 13.5. The molecule has 0 saturated heterocycles.